The minimum Gasteiger partial charge on any atom is -0.466 e. The highest BCUT2D eigenvalue weighted by Crippen LogP contribution is 2.49. The summed E-state index contributed by atoms with van der Waals surface area (Å²) in [5, 5.41) is 0. The lowest BCUT2D eigenvalue weighted by molar-refractivity contribution is -0.134. The third-order valence-electron chi connectivity index (χ3n) is 4.36. The number of carbonyl (C=O) groups is 1. The number of esters is 1. The van der Waals surface area contributed by atoms with Gasteiger partial charge in [-0.15, -0.1) is 0 Å². The van der Waals surface area contributed by atoms with Crippen LogP contribution in [0.15, 0.2) is 30.3 Å². The standard InChI is InChI=1S/C16H19NO2/c1-17-8-7-13-14(9-16(18)19-2)11-5-3-4-6-12(11)15(13)10-17/h3-6,9,13,15H,7-8,10H2,1-2H3/b14-9+. The Morgan fingerprint density at radius 2 is 2.16 bits per heavy atom. The number of benzene rings is 1. The average Bonchev–Trinajstić information content (AvgIpc) is 2.73. The van der Waals surface area contributed by atoms with Gasteiger partial charge in [-0.1, -0.05) is 24.3 Å². The number of rotatable bonds is 1. The van der Waals surface area contributed by atoms with Crippen LogP contribution in [0, 0.1) is 5.92 Å². The molecule has 0 amide bonds. The minimum absolute atomic E-state index is 0.246. The molecule has 1 aromatic rings. The number of hydrogen-bond acceptors (Lipinski definition) is 3. The van der Waals surface area contributed by atoms with E-state index in [1.807, 2.05) is 6.07 Å². The van der Waals surface area contributed by atoms with Gasteiger partial charge in [0.05, 0.1) is 7.11 Å². The van der Waals surface area contributed by atoms with Gasteiger partial charge in [0.25, 0.3) is 0 Å². The topological polar surface area (TPSA) is 29.5 Å². The van der Waals surface area contributed by atoms with Gasteiger partial charge in [-0.05, 0) is 42.6 Å². The summed E-state index contributed by atoms with van der Waals surface area (Å²) in [6.45, 7) is 2.16. The van der Waals surface area contributed by atoms with Crippen molar-refractivity contribution < 1.29 is 9.53 Å². The molecule has 1 aliphatic heterocycles. The molecule has 1 fully saturated rings. The highest BCUT2D eigenvalue weighted by atomic mass is 16.5. The van der Waals surface area contributed by atoms with Crippen LogP contribution in [-0.2, 0) is 9.53 Å². The zero-order valence-corrected chi connectivity index (χ0v) is 11.4. The molecule has 19 heavy (non-hydrogen) atoms. The van der Waals surface area contributed by atoms with Crippen molar-refractivity contribution in [1.29, 1.82) is 0 Å². The molecule has 3 nitrogen and oxygen atoms in total. The SMILES string of the molecule is COC(=O)/C=C1\c2ccccc2C2CN(C)CCC12. The van der Waals surface area contributed by atoms with Crippen molar-refractivity contribution in [3.05, 3.63) is 41.5 Å². The molecule has 3 heteroatoms. The highest BCUT2D eigenvalue weighted by molar-refractivity contribution is 5.94. The van der Waals surface area contributed by atoms with Crippen LogP contribution in [0.25, 0.3) is 5.57 Å². The van der Waals surface area contributed by atoms with E-state index in [0.29, 0.717) is 11.8 Å². The molecule has 0 bridgehead atoms. The van der Waals surface area contributed by atoms with Gasteiger partial charge in [0.15, 0.2) is 0 Å². The van der Waals surface area contributed by atoms with E-state index in [9.17, 15) is 4.79 Å². The number of likely N-dealkylation sites (N-methyl/N-ethyl adjacent to an activating group) is 1. The number of methoxy groups -OCH3 is 1. The Bertz CT molecular complexity index is 535. The molecule has 2 aliphatic rings. The van der Waals surface area contributed by atoms with Crippen molar-refractivity contribution in [2.24, 2.45) is 5.92 Å². The first-order chi connectivity index (χ1) is 9.20. The molecule has 1 aromatic carbocycles. The fourth-order valence-corrected chi connectivity index (χ4v) is 3.46. The maximum atomic E-state index is 11.6. The van der Waals surface area contributed by atoms with E-state index in [4.69, 9.17) is 4.74 Å². The first kappa shape index (κ1) is 12.4. The van der Waals surface area contributed by atoms with Gasteiger partial charge < -0.3 is 9.64 Å². The Morgan fingerprint density at radius 1 is 1.37 bits per heavy atom. The van der Waals surface area contributed by atoms with Crippen LogP contribution in [-0.4, -0.2) is 38.1 Å². The van der Waals surface area contributed by atoms with E-state index in [2.05, 4.69) is 30.1 Å². The molecule has 1 saturated heterocycles. The van der Waals surface area contributed by atoms with E-state index in [0.717, 1.165) is 19.5 Å². The Labute approximate surface area is 113 Å². The molecule has 2 unspecified atom stereocenters. The summed E-state index contributed by atoms with van der Waals surface area (Å²) in [5.74, 6) is 0.739. The summed E-state index contributed by atoms with van der Waals surface area (Å²) < 4.78 is 4.80. The lowest BCUT2D eigenvalue weighted by atomic mass is 9.84. The van der Waals surface area contributed by atoms with Crippen molar-refractivity contribution in [2.45, 2.75) is 12.3 Å². The van der Waals surface area contributed by atoms with E-state index >= 15 is 0 Å². The van der Waals surface area contributed by atoms with Crippen molar-refractivity contribution in [3.63, 3.8) is 0 Å². The van der Waals surface area contributed by atoms with Crippen LogP contribution >= 0.6 is 0 Å². The van der Waals surface area contributed by atoms with Gasteiger partial charge in [-0.25, -0.2) is 4.79 Å². The smallest absolute Gasteiger partial charge is 0.330 e. The molecule has 100 valence electrons. The Hall–Kier alpha value is -1.61. The average molecular weight is 257 g/mol. The largest absolute Gasteiger partial charge is 0.466 e. The molecular weight excluding hydrogens is 238 g/mol. The number of fused-ring (bicyclic) bond motifs is 3. The van der Waals surface area contributed by atoms with Crippen LogP contribution in [0.5, 0.6) is 0 Å². The molecule has 1 heterocycles. The van der Waals surface area contributed by atoms with Gasteiger partial charge >= 0.3 is 5.97 Å². The molecule has 0 aromatic heterocycles. The quantitative estimate of drug-likeness (QED) is 0.571. The van der Waals surface area contributed by atoms with Crippen LogP contribution in [0.2, 0.25) is 0 Å². The molecule has 0 N–H and O–H groups in total. The fraction of sp³-hybridized carbons (Fsp3) is 0.438. The molecule has 1 aliphatic carbocycles. The van der Waals surface area contributed by atoms with Gasteiger partial charge in [-0.2, -0.15) is 0 Å². The summed E-state index contributed by atoms with van der Waals surface area (Å²) >= 11 is 0. The second kappa shape index (κ2) is 4.82. The molecule has 2 atom stereocenters. The maximum absolute atomic E-state index is 11.6. The lowest BCUT2D eigenvalue weighted by Gasteiger charge is -2.33. The second-order valence-corrected chi connectivity index (χ2v) is 5.47. The predicted octanol–water partition coefficient (Wildman–Crippen LogP) is 2.29. The normalized spacial score (nSPS) is 28.0. The number of likely N-dealkylation sites (tertiary alicyclic amines) is 1. The maximum Gasteiger partial charge on any atom is 0.330 e. The van der Waals surface area contributed by atoms with Gasteiger partial charge in [0.1, 0.15) is 0 Å². The van der Waals surface area contributed by atoms with E-state index < -0.39 is 0 Å². The van der Waals surface area contributed by atoms with E-state index in [1.165, 1.54) is 23.8 Å². The molecule has 0 radical (unpaired) electrons. The first-order valence-electron chi connectivity index (χ1n) is 6.78. The van der Waals surface area contributed by atoms with Crippen molar-refractivity contribution >= 4 is 11.5 Å². The van der Waals surface area contributed by atoms with Crippen molar-refractivity contribution in [1.82, 2.24) is 4.90 Å². The van der Waals surface area contributed by atoms with Crippen LogP contribution < -0.4 is 0 Å². The summed E-state index contributed by atoms with van der Waals surface area (Å²) in [4.78, 5) is 14.0. The summed E-state index contributed by atoms with van der Waals surface area (Å²) in [7, 11) is 3.60. The third-order valence-corrected chi connectivity index (χ3v) is 4.36. The van der Waals surface area contributed by atoms with E-state index in [-0.39, 0.29) is 5.97 Å². The Kier molecular flexibility index (Phi) is 3.15. The van der Waals surface area contributed by atoms with Gasteiger partial charge in [0, 0.05) is 18.5 Å². The fourth-order valence-electron chi connectivity index (χ4n) is 3.46. The number of carbonyl (C=O) groups excluding carboxylic acids is 1. The zero-order chi connectivity index (χ0) is 13.4. The summed E-state index contributed by atoms with van der Waals surface area (Å²) in [6, 6.07) is 8.46. The Balaban J connectivity index is 2.05. The predicted molar refractivity (Wildman–Crippen MR) is 74.8 cm³/mol. The van der Waals surface area contributed by atoms with Crippen molar-refractivity contribution in [3.8, 4) is 0 Å². The van der Waals surface area contributed by atoms with Gasteiger partial charge in [0.2, 0.25) is 0 Å². The van der Waals surface area contributed by atoms with E-state index in [1.54, 1.807) is 6.08 Å². The number of piperidine rings is 1. The van der Waals surface area contributed by atoms with Crippen LogP contribution in [0.3, 0.4) is 0 Å². The number of hydrogen-bond donors (Lipinski definition) is 0. The third kappa shape index (κ3) is 2.08. The Morgan fingerprint density at radius 3 is 2.95 bits per heavy atom. The second-order valence-electron chi connectivity index (χ2n) is 5.47. The first-order valence-corrected chi connectivity index (χ1v) is 6.78. The molecule has 0 saturated carbocycles. The van der Waals surface area contributed by atoms with Crippen LogP contribution in [0.1, 0.15) is 23.5 Å². The van der Waals surface area contributed by atoms with Crippen molar-refractivity contribution in [2.75, 3.05) is 27.2 Å². The molecule has 0 spiro atoms. The summed E-state index contributed by atoms with van der Waals surface area (Å²) in [5.41, 5.74) is 3.79. The highest BCUT2D eigenvalue weighted by Gasteiger charge is 2.39. The molecule has 3 rings (SSSR count). The number of ether oxygens (including phenoxy) is 1. The van der Waals surface area contributed by atoms with Crippen LogP contribution in [0.4, 0.5) is 0 Å². The summed E-state index contributed by atoms with van der Waals surface area (Å²) in [6.07, 6.45) is 2.80. The van der Waals surface area contributed by atoms with Gasteiger partial charge in [-0.3, -0.25) is 0 Å². The minimum atomic E-state index is -0.246. The number of allylic oxidation sites excluding steroid dienone is 1. The number of nitrogens with zero attached hydrogens (tertiary/aromatic N) is 1. The molecular formula is C16H19NO2. The lowest BCUT2D eigenvalue weighted by Crippen LogP contribution is -2.34. The zero-order valence-electron chi connectivity index (χ0n) is 11.4. The monoisotopic (exact) mass is 257 g/mol.